The van der Waals surface area contributed by atoms with E-state index in [9.17, 15) is 13.9 Å². The number of halogens is 2. The summed E-state index contributed by atoms with van der Waals surface area (Å²) in [5.41, 5.74) is 0.427. The van der Waals surface area contributed by atoms with Gasteiger partial charge in [0.15, 0.2) is 11.6 Å². The van der Waals surface area contributed by atoms with Crippen LogP contribution < -0.4 is 5.32 Å². The molecule has 0 bridgehead atoms. The van der Waals surface area contributed by atoms with E-state index in [0.29, 0.717) is 24.6 Å². The van der Waals surface area contributed by atoms with Gasteiger partial charge in [0.2, 0.25) is 0 Å². The molecule has 1 saturated carbocycles. The van der Waals surface area contributed by atoms with Gasteiger partial charge in [-0.05, 0) is 43.5 Å². The normalized spacial score (nSPS) is 17.4. The van der Waals surface area contributed by atoms with Crippen molar-refractivity contribution < 1.29 is 13.9 Å². The molecule has 0 aromatic heterocycles. The first-order valence-electron chi connectivity index (χ1n) is 5.53. The number of aliphatic hydroxyl groups is 1. The van der Waals surface area contributed by atoms with Crippen molar-refractivity contribution in [1.29, 1.82) is 0 Å². The van der Waals surface area contributed by atoms with Gasteiger partial charge in [0.1, 0.15) is 0 Å². The van der Waals surface area contributed by atoms with E-state index in [0.717, 1.165) is 12.1 Å². The second-order valence-corrected chi connectivity index (χ2v) is 4.21. The Morgan fingerprint density at radius 3 is 2.69 bits per heavy atom. The van der Waals surface area contributed by atoms with Gasteiger partial charge in [-0.3, -0.25) is 0 Å². The summed E-state index contributed by atoms with van der Waals surface area (Å²) in [6.07, 6.45) is 2.17. The molecule has 1 fully saturated rings. The maximum Gasteiger partial charge on any atom is 0.159 e. The van der Waals surface area contributed by atoms with E-state index in [1.165, 1.54) is 18.9 Å². The molecule has 1 atom stereocenters. The van der Waals surface area contributed by atoms with Gasteiger partial charge in [0.05, 0.1) is 6.10 Å². The summed E-state index contributed by atoms with van der Waals surface area (Å²) in [4.78, 5) is 0. The average molecular weight is 227 g/mol. The summed E-state index contributed by atoms with van der Waals surface area (Å²) in [6.45, 7) is 0.699. The number of rotatable bonds is 5. The smallest absolute Gasteiger partial charge is 0.159 e. The number of nitrogens with one attached hydrogen (secondary N) is 1. The molecule has 0 aliphatic heterocycles. The first kappa shape index (κ1) is 11.5. The lowest BCUT2D eigenvalue weighted by Crippen LogP contribution is -2.19. The van der Waals surface area contributed by atoms with Gasteiger partial charge in [-0.15, -0.1) is 0 Å². The van der Waals surface area contributed by atoms with Crippen molar-refractivity contribution >= 4 is 0 Å². The zero-order valence-electron chi connectivity index (χ0n) is 8.92. The molecule has 1 aromatic rings. The first-order chi connectivity index (χ1) is 7.66. The van der Waals surface area contributed by atoms with Crippen LogP contribution in [0.5, 0.6) is 0 Å². The third kappa shape index (κ3) is 3.00. The van der Waals surface area contributed by atoms with Crippen LogP contribution in [0.25, 0.3) is 0 Å². The number of benzene rings is 1. The molecule has 0 radical (unpaired) electrons. The number of hydrogen-bond acceptors (Lipinski definition) is 2. The molecule has 1 unspecified atom stereocenters. The van der Waals surface area contributed by atoms with Crippen molar-refractivity contribution in [3.63, 3.8) is 0 Å². The Balaban J connectivity index is 1.86. The van der Waals surface area contributed by atoms with Gasteiger partial charge >= 0.3 is 0 Å². The van der Waals surface area contributed by atoms with E-state index in [-0.39, 0.29) is 0 Å². The fourth-order valence-corrected chi connectivity index (χ4v) is 1.60. The lowest BCUT2D eigenvalue weighted by molar-refractivity contribution is 0.166. The Bertz CT molecular complexity index is 366. The largest absolute Gasteiger partial charge is 0.388 e. The Hall–Kier alpha value is -1.00. The molecule has 2 N–H and O–H groups in total. The van der Waals surface area contributed by atoms with E-state index in [2.05, 4.69) is 5.32 Å². The average Bonchev–Trinajstić information content (AvgIpc) is 3.06. The third-order valence-corrected chi connectivity index (χ3v) is 2.76. The van der Waals surface area contributed by atoms with Crippen molar-refractivity contribution in [1.82, 2.24) is 5.32 Å². The standard InChI is InChI=1S/C12H15F2NO/c13-10-4-1-8(7-11(10)14)12(16)5-6-15-9-2-3-9/h1,4,7,9,12,15-16H,2-3,5-6H2. The van der Waals surface area contributed by atoms with Crippen LogP contribution in [0, 0.1) is 11.6 Å². The number of aliphatic hydroxyl groups excluding tert-OH is 1. The molecule has 2 nitrogen and oxygen atoms in total. The minimum absolute atomic E-state index is 0.427. The molecule has 0 saturated heterocycles. The van der Waals surface area contributed by atoms with Crippen molar-refractivity contribution in [3.05, 3.63) is 35.4 Å². The van der Waals surface area contributed by atoms with Gasteiger partial charge in [-0.1, -0.05) is 6.07 Å². The van der Waals surface area contributed by atoms with Crippen molar-refractivity contribution in [2.24, 2.45) is 0 Å². The minimum Gasteiger partial charge on any atom is -0.388 e. The second kappa shape index (κ2) is 4.89. The van der Waals surface area contributed by atoms with E-state index in [1.54, 1.807) is 0 Å². The Labute approximate surface area is 93.3 Å². The van der Waals surface area contributed by atoms with Crippen LogP contribution in [0.4, 0.5) is 8.78 Å². The predicted molar refractivity (Wildman–Crippen MR) is 57.0 cm³/mol. The van der Waals surface area contributed by atoms with E-state index in [1.807, 2.05) is 0 Å². The lowest BCUT2D eigenvalue weighted by Gasteiger charge is -2.11. The lowest BCUT2D eigenvalue weighted by atomic mass is 10.1. The third-order valence-electron chi connectivity index (χ3n) is 2.76. The van der Waals surface area contributed by atoms with Crippen molar-refractivity contribution in [3.8, 4) is 0 Å². The molecule has 0 amide bonds. The van der Waals surface area contributed by atoms with Crippen LogP contribution in [-0.2, 0) is 0 Å². The minimum atomic E-state index is -0.910. The van der Waals surface area contributed by atoms with Crippen LogP contribution in [0.3, 0.4) is 0 Å². The molecule has 1 aliphatic carbocycles. The molecule has 1 aromatic carbocycles. The Morgan fingerprint density at radius 1 is 1.31 bits per heavy atom. The molecule has 0 spiro atoms. The van der Waals surface area contributed by atoms with Gasteiger partial charge in [0.25, 0.3) is 0 Å². The quantitative estimate of drug-likeness (QED) is 0.807. The van der Waals surface area contributed by atoms with E-state index < -0.39 is 17.7 Å². The molecule has 0 heterocycles. The topological polar surface area (TPSA) is 32.3 Å². The van der Waals surface area contributed by atoms with E-state index in [4.69, 9.17) is 0 Å². The monoisotopic (exact) mass is 227 g/mol. The van der Waals surface area contributed by atoms with Crippen LogP contribution in [0.1, 0.15) is 30.9 Å². The molecule has 2 rings (SSSR count). The summed E-state index contributed by atoms with van der Waals surface area (Å²) in [5, 5.41) is 13.0. The molecular formula is C12H15F2NO. The zero-order valence-corrected chi connectivity index (χ0v) is 8.92. The van der Waals surface area contributed by atoms with Crippen LogP contribution >= 0.6 is 0 Å². The summed E-state index contributed by atoms with van der Waals surface area (Å²) < 4.78 is 25.6. The summed E-state index contributed by atoms with van der Waals surface area (Å²) >= 11 is 0. The highest BCUT2D eigenvalue weighted by atomic mass is 19.2. The Morgan fingerprint density at radius 2 is 2.06 bits per heavy atom. The van der Waals surface area contributed by atoms with Crippen LogP contribution in [0.2, 0.25) is 0 Å². The Kier molecular flexibility index (Phi) is 3.51. The zero-order chi connectivity index (χ0) is 11.5. The van der Waals surface area contributed by atoms with Crippen LogP contribution in [0.15, 0.2) is 18.2 Å². The van der Waals surface area contributed by atoms with E-state index >= 15 is 0 Å². The van der Waals surface area contributed by atoms with Crippen LogP contribution in [-0.4, -0.2) is 17.7 Å². The highest BCUT2D eigenvalue weighted by Gasteiger charge is 2.20. The molecule has 16 heavy (non-hydrogen) atoms. The van der Waals surface area contributed by atoms with Gasteiger partial charge in [-0.2, -0.15) is 0 Å². The predicted octanol–water partition coefficient (Wildman–Crippen LogP) is 2.14. The van der Waals surface area contributed by atoms with Crippen molar-refractivity contribution in [2.75, 3.05) is 6.54 Å². The maximum atomic E-state index is 12.9. The molecule has 4 heteroatoms. The summed E-state index contributed by atoms with van der Waals surface area (Å²) in [7, 11) is 0. The maximum absolute atomic E-state index is 12.9. The second-order valence-electron chi connectivity index (χ2n) is 4.21. The molecular weight excluding hydrogens is 212 g/mol. The van der Waals surface area contributed by atoms with Gasteiger partial charge in [0, 0.05) is 6.04 Å². The summed E-state index contributed by atoms with van der Waals surface area (Å²) in [6, 6.07) is 4.11. The molecule has 1 aliphatic rings. The highest BCUT2D eigenvalue weighted by Crippen LogP contribution is 2.21. The summed E-state index contributed by atoms with van der Waals surface area (Å²) in [5.74, 6) is -1.79. The number of hydrogen-bond donors (Lipinski definition) is 2. The van der Waals surface area contributed by atoms with Gasteiger partial charge < -0.3 is 10.4 Å². The fourth-order valence-electron chi connectivity index (χ4n) is 1.60. The van der Waals surface area contributed by atoms with Crippen molar-refractivity contribution in [2.45, 2.75) is 31.4 Å². The SMILES string of the molecule is OC(CCNC1CC1)c1ccc(F)c(F)c1. The first-order valence-corrected chi connectivity index (χ1v) is 5.53. The fraction of sp³-hybridized carbons (Fsp3) is 0.500. The molecule has 88 valence electrons. The van der Waals surface area contributed by atoms with Gasteiger partial charge in [-0.25, -0.2) is 8.78 Å². The highest BCUT2D eigenvalue weighted by molar-refractivity contribution is 5.19.